The van der Waals surface area contributed by atoms with E-state index < -0.39 is 47.9 Å². The second-order valence-electron chi connectivity index (χ2n) is 10.7. The Morgan fingerprint density at radius 1 is 0.614 bits per heavy atom. The van der Waals surface area contributed by atoms with Crippen molar-refractivity contribution in [3.8, 4) is 5.75 Å². The van der Waals surface area contributed by atoms with E-state index in [4.69, 9.17) is 11.5 Å². The first-order valence-corrected chi connectivity index (χ1v) is 14.6. The van der Waals surface area contributed by atoms with Crippen molar-refractivity contribution in [2.45, 2.75) is 62.7 Å². The lowest BCUT2D eigenvalue weighted by molar-refractivity contribution is -0.142. The first-order valence-electron chi connectivity index (χ1n) is 14.6. The zero-order valence-electron chi connectivity index (χ0n) is 24.5. The monoisotopic (exact) mass is 603 g/mol. The predicted molar refractivity (Wildman–Crippen MR) is 166 cm³/mol. The Bertz CT molecular complexity index is 1350. The van der Waals surface area contributed by atoms with Crippen LogP contribution in [0.25, 0.3) is 0 Å². The molecule has 11 nitrogen and oxygen atoms in total. The Balaban J connectivity index is 1.82. The van der Waals surface area contributed by atoms with Gasteiger partial charge in [-0.1, -0.05) is 72.8 Å². The van der Waals surface area contributed by atoms with E-state index in [0.717, 1.165) is 11.1 Å². The zero-order chi connectivity index (χ0) is 31.9. The van der Waals surface area contributed by atoms with Crippen LogP contribution in [0.4, 0.5) is 0 Å². The number of phenolic OH excluding ortho intramolecular Hbond substituents is 1. The average molecular weight is 604 g/mol. The smallest absolute Gasteiger partial charge is 0.326 e. The number of hydrogen-bond acceptors (Lipinski definition) is 7. The van der Waals surface area contributed by atoms with Gasteiger partial charge >= 0.3 is 5.97 Å². The van der Waals surface area contributed by atoms with Gasteiger partial charge in [-0.15, -0.1) is 0 Å². The summed E-state index contributed by atoms with van der Waals surface area (Å²) >= 11 is 0. The third-order valence-electron chi connectivity index (χ3n) is 7.12. The molecule has 3 aromatic rings. The van der Waals surface area contributed by atoms with Gasteiger partial charge in [0.2, 0.25) is 17.7 Å². The fourth-order valence-corrected chi connectivity index (χ4v) is 4.67. The largest absolute Gasteiger partial charge is 0.508 e. The van der Waals surface area contributed by atoms with Crippen LogP contribution in [0.1, 0.15) is 36.0 Å². The zero-order valence-corrected chi connectivity index (χ0v) is 24.5. The molecule has 0 aliphatic heterocycles. The molecule has 0 unspecified atom stereocenters. The van der Waals surface area contributed by atoms with Gasteiger partial charge in [-0.2, -0.15) is 0 Å². The number of unbranched alkanes of at least 4 members (excludes halogenated alkanes) is 1. The molecule has 3 rings (SSSR count). The molecule has 0 saturated carbocycles. The van der Waals surface area contributed by atoms with Gasteiger partial charge < -0.3 is 37.6 Å². The highest BCUT2D eigenvalue weighted by molar-refractivity contribution is 5.94. The number of nitrogens with one attached hydrogen (secondary N) is 3. The molecule has 0 heterocycles. The van der Waals surface area contributed by atoms with Crippen LogP contribution in [0, 0.1) is 0 Å². The van der Waals surface area contributed by atoms with E-state index in [1.165, 1.54) is 12.1 Å². The summed E-state index contributed by atoms with van der Waals surface area (Å²) < 4.78 is 0. The highest BCUT2D eigenvalue weighted by atomic mass is 16.4. The van der Waals surface area contributed by atoms with Crippen LogP contribution in [-0.4, -0.2) is 64.6 Å². The van der Waals surface area contributed by atoms with Gasteiger partial charge in [0.25, 0.3) is 0 Å². The summed E-state index contributed by atoms with van der Waals surface area (Å²) in [6.45, 7) is 0.392. The molecule has 0 saturated heterocycles. The summed E-state index contributed by atoms with van der Waals surface area (Å²) in [5.41, 5.74) is 14.0. The number of rotatable bonds is 17. The van der Waals surface area contributed by atoms with Crippen molar-refractivity contribution < 1.29 is 29.4 Å². The van der Waals surface area contributed by atoms with Crippen molar-refractivity contribution in [2.24, 2.45) is 11.5 Å². The van der Waals surface area contributed by atoms with Crippen LogP contribution in [0.5, 0.6) is 5.75 Å². The molecule has 4 atom stereocenters. The molecule has 9 N–H and O–H groups in total. The van der Waals surface area contributed by atoms with Crippen molar-refractivity contribution >= 4 is 23.7 Å². The molecule has 0 aliphatic carbocycles. The number of carbonyl (C=O) groups excluding carboxylic acids is 3. The Hall–Kier alpha value is -4.74. The number of carboxylic acids is 1. The number of benzene rings is 3. The van der Waals surface area contributed by atoms with E-state index in [2.05, 4.69) is 16.0 Å². The minimum absolute atomic E-state index is 0.00647. The molecule has 44 heavy (non-hydrogen) atoms. The SMILES string of the molecule is NCCCC[C@@H](NC(=O)[C@@H](Cc1ccc(O)cc1)NC(=O)[C@@H](Cc1ccccc1)NC(=O)[C@H](N)Cc1ccccc1)C(=O)O. The van der Waals surface area contributed by atoms with Crippen molar-refractivity contribution in [1.82, 2.24) is 16.0 Å². The van der Waals surface area contributed by atoms with Crippen molar-refractivity contribution in [3.63, 3.8) is 0 Å². The summed E-state index contributed by atoms with van der Waals surface area (Å²) in [7, 11) is 0. The second kappa shape index (κ2) is 17.4. The average Bonchev–Trinajstić information content (AvgIpc) is 3.01. The van der Waals surface area contributed by atoms with E-state index in [0.29, 0.717) is 24.9 Å². The Labute approximate surface area is 257 Å². The van der Waals surface area contributed by atoms with Crippen LogP contribution in [0.15, 0.2) is 84.9 Å². The van der Waals surface area contributed by atoms with Gasteiger partial charge in [0.15, 0.2) is 0 Å². The highest BCUT2D eigenvalue weighted by Crippen LogP contribution is 2.13. The molecular weight excluding hydrogens is 562 g/mol. The molecule has 0 spiro atoms. The van der Waals surface area contributed by atoms with Gasteiger partial charge in [0.05, 0.1) is 6.04 Å². The highest BCUT2D eigenvalue weighted by Gasteiger charge is 2.30. The van der Waals surface area contributed by atoms with E-state index >= 15 is 0 Å². The molecule has 0 aliphatic rings. The van der Waals surface area contributed by atoms with Crippen LogP contribution in [-0.2, 0) is 38.4 Å². The molecule has 3 amide bonds. The summed E-state index contributed by atoms with van der Waals surface area (Å²) in [6, 6.07) is 20.1. The lowest BCUT2D eigenvalue weighted by atomic mass is 10.0. The Kier molecular flexibility index (Phi) is 13.3. The number of nitrogens with two attached hydrogens (primary N) is 2. The fourth-order valence-electron chi connectivity index (χ4n) is 4.67. The first kappa shape index (κ1) is 33.8. The van der Waals surface area contributed by atoms with E-state index in [9.17, 15) is 29.4 Å². The van der Waals surface area contributed by atoms with Crippen molar-refractivity contribution in [1.29, 1.82) is 0 Å². The minimum atomic E-state index is -1.20. The number of aliphatic carboxylic acids is 1. The molecule has 0 radical (unpaired) electrons. The summed E-state index contributed by atoms with van der Waals surface area (Å²) in [6.07, 6.45) is 1.66. The summed E-state index contributed by atoms with van der Waals surface area (Å²) in [4.78, 5) is 52.2. The fraction of sp³-hybridized carbons (Fsp3) is 0.333. The molecule has 0 bridgehead atoms. The Morgan fingerprint density at radius 3 is 1.57 bits per heavy atom. The van der Waals surface area contributed by atoms with Gasteiger partial charge in [-0.25, -0.2) is 4.79 Å². The van der Waals surface area contributed by atoms with Gasteiger partial charge in [-0.3, -0.25) is 14.4 Å². The van der Waals surface area contributed by atoms with E-state index in [1.54, 1.807) is 12.1 Å². The maximum atomic E-state index is 13.7. The van der Waals surface area contributed by atoms with Crippen LogP contribution in [0.2, 0.25) is 0 Å². The molecule has 3 aromatic carbocycles. The second-order valence-corrected chi connectivity index (χ2v) is 10.7. The topological polar surface area (TPSA) is 197 Å². The molecule has 234 valence electrons. The van der Waals surface area contributed by atoms with Gasteiger partial charge in [-0.05, 0) is 61.1 Å². The third-order valence-corrected chi connectivity index (χ3v) is 7.12. The van der Waals surface area contributed by atoms with Gasteiger partial charge in [0.1, 0.15) is 23.9 Å². The Morgan fingerprint density at radius 2 is 1.07 bits per heavy atom. The van der Waals surface area contributed by atoms with E-state index in [1.807, 2.05) is 60.7 Å². The normalized spacial score (nSPS) is 13.6. The third kappa shape index (κ3) is 11.2. The quantitative estimate of drug-likeness (QED) is 0.112. The number of amides is 3. The number of carbonyl (C=O) groups is 4. The number of carboxylic acid groups (broad SMARTS) is 1. The maximum Gasteiger partial charge on any atom is 0.326 e. The molecular formula is C33H41N5O6. The first-order chi connectivity index (χ1) is 21.2. The predicted octanol–water partition coefficient (Wildman–Crippen LogP) is 1.42. The number of aromatic hydroxyl groups is 1. The molecule has 0 fully saturated rings. The van der Waals surface area contributed by atoms with Crippen LogP contribution < -0.4 is 27.4 Å². The van der Waals surface area contributed by atoms with Crippen molar-refractivity contribution in [2.75, 3.05) is 6.54 Å². The maximum absolute atomic E-state index is 13.7. The summed E-state index contributed by atoms with van der Waals surface area (Å²) in [5.74, 6) is -3.04. The summed E-state index contributed by atoms with van der Waals surface area (Å²) in [5, 5.41) is 27.4. The van der Waals surface area contributed by atoms with E-state index in [-0.39, 0.29) is 31.4 Å². The van der Waals surface area contributed by atoms with Crippen molar-refractivity contribution in [3.05, 3.63) is 102 Å². The van der Waals surface area contributed by atoms with Gasteiger partial charge in [0, 0.05) is 12.8 Å². The van der Waals surface area contributed by atoms with Crippen LogP contribution in [0.3, 0.4) is 0 Å². The lowest BCUT2D eigenvalue weighted by Gasteiger charge is -2.25. The standard InChI is InChI=1S/C33H41N5O6/c34-18-8-7-13-27(33(43)44)36-31(41)29(21-24-14-16-25(39)17-15-24)38-32(42)28(20-23-11-5-2-6-12-23)37-30(40)26(35)19-22-9-3-1-4-10-22/h1-6,9-12,14-17,26-29,39H,7-8,13,18-21,34-35H2,(H,36,41)(H,37,40)(H,38,42)(H,43,44)/t26-,27-,28-,29-/m1/s1. The minimum Gasteiger partial charge on any atom is -0.508 e. The van der Waals surface area contributed by atoms with Crippen LogP contribution >= 0.6 is 0 Å². The molecule has 0 aromatic heterocycles. The molecule has 11 heteroatoms. The lowest BCUT2D eigenvalue weighted by Crippen LogP contribution is -2.58. The number of phenols is 1. The number of hydrogen-bond donors (Lipinski definition) is 7.